The zero-order chi connectivity index (χ0) is 28.2. The Kier molecular flexibility index (Phi) is 7.63. The van der Waals surface area contributed by atoms with Crippen molar-refractivity contribution in [2.24, 2.45) is 5.73 Å². The first-order chi connectivity index (χ1) is 19.4. The third kappa shape index (κ3) is 5.44. The lowest BCUT2D eigenvalue weighted by atomic mass is 9.83. The summed E-state index contributed by atoms with van der Waals surface area (Å²) in [6.45, 7) is 2.17. The van der Waals surface area contributed by atoms with Gasteiger partial charge in [0, 0.05) is 16.7 Å². The van der Waals surface area contributed by atoms with Crippen molar-refractivity contribution in [3.8, 4) is 29.1 Å². The van der Waals surface area contributed by atoms with Crippen LogP contribution in [0.15, 0.2) is 96.4 Å². The zero-order valence-electron chi connectivity index (χ0n) is 21.8. The monoisotopic (exact) mass is 552 g/mol. The first kappa shape index (κ1) is 26.7. The van der Waals surface area contributed by atoms with Gasteiger partial charge in [-0.2, -0.15) is 5.26 Å². The molecule has 1 atom stereocenters. The van der Waals surface area contributed by atoms with Crippen molar-refractivity contribution >= 4 is 17.6 Å². The molecule has 0 bridgehead atoms. The molecule has 1 aliphatic heterocycles. The molecule has 4 aromatic rings. The number of carbonyl (C=O) groups excluding carboxylic acids is 1. The Bertz CT molecular complexity index is 1660. The fourth-order valence-corrected chi connectivity index (χ4v) is 4.66. The lowest BCUT2D eigenvalue weighted by Crippen LogP contribution is -2.21. The summed E-state index contributed by atoms with van der Waals surface area (Å²) < 4.78 is 23.0. The first-order valence-electron chi connectivity index (χ1n) is 12.4. The number of benzene rings is 4. The zero-order valence-corrected chi connectivity index (χ0v) is 22.6. The van der Waals surface area contributed by atoms with Crippen LogP contribution in [0.5, 0.6) is 23.0 Å². The molecule has 0 saturated heterocycles. The maximum absolute atomic E-state index is 12.7. The molecule has 7 nitrogen and oxygen atoms in total. The molecular weight excluding hydrogens is 528 g/mol. The number of carbonyl (C=O) groups is 1. The first-order valence-corrected chi connectivity index (χ1v) is 12.8. The van der Waals surface area contributed by atoms with E-state index in [4.69, 9.17) is 36.3 Å². The summed E-state index contributed by atoms with van der Waals surface area (Å²) in [5.74, 6) is 0.687. The standard InChI is InChI=1S/C32H25ClN2O5/c1-19-5-3-4-6-24(19)32(36)39-23-12-13-25-28(16-23)40-31(35)26(17-34)30(25)21-9-14-27(29(15-21)37-2)38-18-20-7-10-22(33)11-8-20/h3-16,30H,18,35H2,1-2H3. The lowest BCUT2D eigenvalue weighted by molar-refractivity contribution is 0.0733. The van der Waals surface area contributed by atoms with Gasteiger partial charge in [0.25, 0.3) is 0 Å². The molecule has 200 valence electrons. The minimum absolute atomic E-state index is 0.0237. The van der Waals surface area contributed by atoms with Crippen LogP contribution in [0.2, 0.25) is 5.02 Å². The van der Waals surface area contributed by atoms with Crippen molar-refractivity contribution in [3.05, 3.63) is 129 Å². The average Bonchev–Trinajstić information content (AvgIpc) is 2.96. The second kappa shape index (κ2) is 11.4. The van der Waals surface area contributed by atoms with E-state index in [0.717, 1.165) is 16.7 Å². The Morgan fingerprint density at radius 1 is 1.02 bits per heavy atom. The van der Waals surface area contributed by atoms with E-state index in [1.54, 1.807) is 55.6 Å². The van der Waals surface area contributed by atoms with Crippen LogP contribution < -0.4 is 24.7 Å². The largest absolute Gasteiger partial charge is 0.493 e. The van der Waals surface area contributed by atoms with E-state index < -0.39 is 11.9 Å². The maximum atomic E-state index is 12.7. The highest BCUT2D eigenvalue weighted by atomic mass is 35.5. The smallest absolute Gasteiger partial charge is 0.343 e. The quantitative estimate of drug-likeness (QED) is 0.201. The van der Waals surface area contributed by atoms with Gasteiger partial charge in [-0.1, -0.05) is 54.1 Å². The number of allylic oxidation sites excluding steroid dienone is 1. The van der Waals surface area contributed by atoms with Crippen LogP contribution in [0.1, 0.15) is 38.5 Å². The highest BCUT2D eigenvalue weighted by molar-refractivity contribution is 6.30. The second-order valence-electron chi connectivity index (χ2n) is 9.15. The van der Waals surface area contributed by atoms with Gasteiger partial charge in [0.2, 0.25) is 5.88 Å². The summed E-state index contributed by atoms with van der Waals surface area (Å²) >= 11 is 5.97. The second-order valence-corrected chi connectivity index (χ2v) is 9.59. The number of hydrogen-bond acceptors (Lipinski definition) is 7. The number of nitrogens with zero attached hydrogens (tertiary/aromatic N) is 1. The Balaban J connectivity index is 1.44. The Morgan fingerprint density at radius 3 is 2.52 bits per heavy atom. The number of ether oxygens (including phenoxy) is 4. The highest BCUT2D eigenvalue weighted by Crippen LogP contribution is 2.45. The number of methoxy groups -OCH3 is 1. The normalized spacial score (nSPS) is 14.0. The van der Waals surface area contributed by atoms with Gasteiger partial charge in [-0.05, 0) is 60.0 Å². The summed E-state index contributed by atoms with van der Waals surface area (Å²) in [7, 11) is 1.55. The minimum atomic E-state index is -0.533. The molecule has 0 aromatic heterocycles. The van der Waals surface area contributed by atoms with E-state index in [1.807, 2.05) is 43.3 Å². The molecule has 0 fully saturated rings. The third-order valence-corrected chi connectivity index (χ3v) is 6.85. The van der Waals surface area contributed by atoms with Gasteiger partial charge < -0.3 is 24.7 Å². The van der Waals surface area contributed by atoms with Gasteiger partial charge in [0.15, 0.2) is 11.5 Å². The van der Waals surface area contributed by atoms with Crippen LogP contribution in [0.3, 0.4) is 0 Å². The molecule has 2 N–H and O–H groups in total. The average molecular weight is 553 g/mol. The molecular formula is C32H25ClN2O5. The van der Waals surface area contributed by atoms with Crippen LogP contribution in [-0.2, 0) is 6.61 Å². The number of nitrogens with two attached hydrogens (primary N) is 1. The predicted molar refractivity (Wildman–Crippen MR) is 151 cm³/mol. The van der Waals surface area contributed by atoms with Crippen LogP contribution >= 0.6 is 11.6 Å². The maximum Gasteiger partial charge on any atom is 0.343 e. The van der Waals surface area contributed by atoms with Crippen LogP contribution in [0.25, 0.3) is 0 Å². The fourth-order valence-electron chi connectivity index (χ4n) is 4.53. The number of aryl methyl sites for hydroxylation is 1. The molecule has 0 spiro atoms. The summed E-state index contributed by atoms with van der Waals surface area (Å²) in [5, 5.41) is 10.6. The van der Waals surface area contributed by atoms with Gasteiger partial charge in [0.1, 0.15) is 29.7 Å². The number of rotatable bonds is 7. The Labute approximate surface area is 236 Å². The van der Waals surface area contributed by atoms with E-state index in [2.05, 4.69) is 6.07 Å². The predicted octanol–water partition coefficient (Wildman–Crippen LogP) is 6.67. The number of nitriles is 1. The van der Waals surface area contributed by atoms with Crippen LogP contribution in [0.4, 0.5) is 0 Å². The van der Waals surface area contributed by atoms with Crippen LogP contribution in [-0.4, -0.2) is 13.1 Å². The highest BCUT2D eigenvalue weighted by Gasteiger charge is 2.32. The molecule has 0 aliphatic carbocycles. The van der Waals surface area contributed by atoms with Gasteiger partial charge in [-0.25, -0.2) is 4.79 Å². The number of fused-ring (bicyclic) bond motifs is 1. The van der Waals surface area contributed by atoms with Crippen molar-refractivity contribution in [2.75, 3.05) is 7.11 Å². The van der Waals surface area contributed by atoms with Gasteiger partial charge in [-0.3, -0.25) is 0 Å². The van der Waals surface area contributed by atoms with Gasteiger partial charge in [0.05, 0.1) is 18.6 Å². The van der Waals surface area contributed by atoms with Crippen LogP contribution in [0, 0.1) is 18.3 Å². The topological polar surface area (TPSA) is 104 Å². The van der Waals surface area contributed by atoms with Gasteiger partial charge >= 0.3 is 5.97 Å². The van der Waals surface area contributed by atoms with Crippen molar-refractivity contribution in [2.45, 2.75) is 19.4 Å². The van der Waals surface area contributed by atoms with Gasteiger partial charge in [-0.15, -0.1) is 0 Å². The minimum Gasteiger partial charge on any atom is -0.493 e. The number of hydrogen-bond donors (Lipinski definition) is 1. The molecule has 8 heteroatoms. The lowest BCUT2D eigenvalue weighted by Gasteiger charge is -2.27. The van der Waals surface area contributed by atoms with Crippen molar-refractivity contribution in [3.63, 3.8) is 0 Å². The van der Waals surface area contributed by atoms with Crippen molar-refractivity contribution in [1.29, 1.82) is 5.26 Å². The van der Waals surface area contributed by atoms with Crippen molar-refractivity contribution < 1.29 is 23.7 Å². The molecule has 4 aromatic carbocycles. The van der Waals surface area contributed by atoms with E-state index in [-0.39, 0.29) is 11.5 Å². The molecule has 40 heavy (non-hydrogen) atoms. The molecule has 0 amide bonds. The summed E-state index contributed by atoms with van der Waals surface area (Å²) in [6.07, 6.45) is 0. The Morgan fingerprint density at radius 2 is 1.80 bits per heavy atom. The van der Waals surface area contributed by atoms with E-state index in [0.29, 0.717) is 45.8 Å². The van der Waals surface area contributed by atoms with E-state index in [1.165, 1.54) is 0 Å². The third-order valence-electron chi connectivity index (χ3n) is 6.59. The van der Waals surface area contributed by atoms with E-state index in [9.17, 15) is 10.1 Å². The fraction of sp³-hybridized carbons (Fsp3) is 0.125. The molecule has 1 aliphatic rings. The molecule has 0 radical (unpaired) electrons. The number of halogens is 1. The summed E-state index contributed by atoms with van der Waals surface area (Å²) in [5.41, 5.74) is 10.1. The van der Waals surface area contributed by atoms with Crippen molar-refractivity contribution in [1.82, 2.24) is 0 Å². The number of esters is 1. The Hall–Kier alpha value is -4.93. The molecule has 5 rings (SSSR count). The summed E-state index contributed by atoms with van der Waals surface area (Å²) in [6, 6.07) is 27.3. The SMILES string of the molecule is COc1cc(C2C(C#N)=C(N)Oc3cc(OC(=O)c4ccccc4C)ccc32)ccc1OCc1ccc(Cl)cc1. The summed E-state index contributed by atoms with van der Waals surface area (Å²) in [4.78, 5) is 12.7. The van der Waals surface area contributed by atoms with E-state index >= 15 is 0 Å². The molecule has 1 unspecified atom stereocenters. The molecule has 0 saturated carbocycles. The molecule has 1 heterocycles.